The van der Waals surface area contributed by atoms with Crippen molar-refractivity contribution in [2.45, 2.75) is 57.5 Å². The Hall–Kier alpha value is -0.990. The molecule has 1 aromatic carbocycles. The summed E-state index contributed by atoms with van der Waals surface area (Å²) < 4.78 is 40.2. The van der Waals surface area contributed by atoms with E-state index in [1.165, 1.54) is 12.1 Å². The Morgan fingerprint density at radius 2 is 1.72 bits per heavy atom. The zero-order valence-corrected chi connectivity index (χ0v) is 11.1. The van der Waals surface area contributed by atoms with Crippen LogP contribution in [0.3, 0.4) is 0 Å². The minimum Gasteiger partial charge on any atom is -0.239 e. The van der Waals surface area contributed by atoms with Crippen molar-refractivity contribution >= 4 is 0 Å². The molecule has 0 unspecified atom stereocenters. The summed E-state index contributed by atoms with van der Waals surface area (Å²) in [6, 6.07) is 4.58. The highest BCUT2D eigenvalue weighted by Crippen LogP contribution is 2.46. The Morgan fingerprint density at radius 3 is 2.11 bits per heavy atom. The standard InChI is InChI=1S/C15H19F3/c1-14(2,3)11-7-10(13(16)17)8-12(9-11)15(18)5-4-6-15/h7-9,13H,4-6H2,1-3H3. The molecule has 2 rings (SSSR count). The summed E-state index contributed by atoms with van der Waals surface area (Å²) in [5, 5.41) is 0. The van der Waals surface area contributed by atoms with Crippen LogP contribution in [-0.4, -0.2) is 0 Å². The van der Waals surface area contributed by atoms with Crippen LogP contribution in [0.1, 0.15) is 63.1 Å². The van der Waals surface area contributed by atoms with Gasteiger partial charge in [-0.15, -0.1) is 0 Å². The zero-order chi connectivity index (χ0) is 13.6. The quantitative estimate of drug-likeness (QED) is 0.676. The molecule has 1 aliphatic rings. The molecule has 0 heterocycles. The van der Waals surface area contributed by atoms with Gasteiger partial charge in [-0.05, 0) is 47.9 Å². The molecule has 0 radical (unpaired) electrons. The minimum absolute atomic E-state index is 0.0682. The van der Waals surface area contributed by atoms with Crippen molar-refractivity contribution in [3.05, 3.63) is 34.9 Å². The number of halogens is 3. The largest absolute Gasteiger partial charge is 0.263 e. The molecule has 0 bridgehead atoms. The molecule has 18 heavy (non-hydrogen) atoms. The van der Waals surface area contributed by atoms with Crippen LogP contribution < -0.4 is 0 Å². The third-order valence-corrected chi connectivity index (χ3v) is 3.74. The number of alkyl halides is 3. The van der Waals surface area contributed by atoms with Gasteiger partial charge in [0, 0.05) is 5.56 Å². The molecule has 0 nitrogen and oxygen atoms in total. The van der Waals surface area contributed by atoms with Crippen molar-refractivity contribution in [3.8, 4) is 0 Å². The van der Waals surface area contributed by atoms with Crippen molar-refractivity contribution < 1.29 is 13.2 Å². The lowest BCUT2D eigenvalue weighted by Crippen LogP contribution is -2.29. The first kappa shape index (κ1) is 13.4. The Kier molecular flexibility index (Phi) is 3.20. The molecule has 1 fully saturated rings. The Balaban J connectivity index is 2.50. The van der Waals surface area contributed by atoms with Gasteiger partial charge in [0.2, 0.25) is 0 Å². The van der Waals surface area contributed by atoms with Gasteiger partial charge in [0.15, 0.2) is 0 Å². The average Bonchev–Trinajstić information content (AvgIpc) is 2.24. The molecular weight excluding hydrogens is 237 g/mol. The van der Waals surface area contributed by atoms with Gasteiger partial charge in [-0.2, -0.15) is 0 Å². The Bertz CT molecular complexity index is 440. The molecule has 0 amide bonds. The molecule has 1 aromatic rings. The number of rotatable bonds is 2. The van der Waals surface area contributed by atoms with E-state index in [9.17, 15) is 13.2 Å². The lowest BCUT2D eigenvalue weighted by atomic mass is 9.74. The van der Waals surface area contributed by atoms with Crippen molar-refractivity contribution in [3.63, 3.8) is 0 Å². The maximum atomic E-state index is 14.4. The van der Waals surface area contributed by atoms with Crippen molar-refractivity contribution in [1.29, 1.82) is 0 Å². The monoisotopic (exact) mass is 256 g/mol. The van der Waals surface area contributed by atoms with Crippen LogP contribution in [0.15, 0.2) is 18.2 Å². The molecule has 1 aliphatic carbocycles. The van der Waals surface area contributed by atoms with Crippen LogP contribution in [0.2, 0.25) is 0 Å². The SMILES string of the molecule is CC(C)(C)c1cc(C(F)F)cc(C2(F)CCC2)c1. The van der Waals surface area contributed by atoms with E-state index in [1.807, 2.05) is 20.8 Å². The molecule has 0 saturated heterocycles. The fourth-order valence-electron chi connectivity index (χ4n) is 2.25. The van der Waals surface area contributed by atoms with Gasteiger partial charge >= 0.3 is 0 Å². The summed E-state index contributed by atoms with van der Waals surface area (Å²) in [5.41, 5.74) is -0.498. The smallest absolute Gasteiger partial charge is 0.239 e. The Morgan fingerprint density at radius 1 is 1.11 bits per heavy atom. The summed E-state index contributed by atoms with van der Waals surface area (Å²) in [4.78, 5) is 0. The first-order valence-electron chi connectivity index (χ1n) is 6.35. The van der Waals surface area contributed by atoms with Crippen molar-refractivity contribution in [2.24, 2.45) is 0 Å². The number of hydrogen-bond donors (Lipinski definition) is 0. The predicted octanol–water partition coefficient (Wildman–Crippen LogP) is 5.27. The molecule has 0 aromatic heterocycles. The fraction of sp³-hybridized carbons (Fsp3) is 0.600. The second-order valence-corrected chi connectivity index (χ2v) is 6.21. The highest BCUT2D eigenvalue weighted by atomic mass is 19.3. The maximum absolute atomic E-state index is 14.4. The van der Waals surface area contributed by atoms with Crippen LogP contribution in [0, 0.1) is 0 Å². The van der Waals surface area contributed by atoms with E-state index in [1.54, 1.807) is 6.07 Å². The minimum atomic E-state index is -2.55. The molecule has 3 heteroatoms. The van der Waals surface area contributed by atoms with Gasteiger partial charge in [-0.25, -0.2) is 13.2 Å². The Labute approximate surface area is 106 Å². The molecule has 0 aliphatic heterocycles. The number of benzene rings is 1. The van der Waals surface area contributed by atoms with Gasteiger partial charge in [0.05, 0.1) is 0 Å². The number of hydrogen-bond acceptors (Lipinski definition) is 0. The predicted molar refractivity (Wildman–Crippen MR) is 66.7 cm³/mol. The summed E-state index contributed by atoms with van der Waals surface area (Å²) in [6.45, 7) is 5.85. The van der Waals surface area contributed by atoms with Crippen molar-refractivity contribution in [1.82, 2.24) is 0 Å². The van der Waals surface area contributed by atoms with Gasteiger partial charge < -0.3 is 0 Å². The van der Waals surface area contributed by atoms with E-state index < -0.39 is 12.1 Å². The van der Waals surface area contributed by atoms with Crippen LogP contribution in [-0.2, 0) is 11.1 Å². The lowest BCUT2D eigenvalue weighted by Gasteiger charge is -2.35. The van der Waals surface area contributed by atoms with Crippen LogP contribution in [0.4, 0.5) is 13.2 Å². The summed E-state index contributed by atoms with van der Waals surface area (Å²) in [5.74, 6) is 0. The lowest BCUT2D eigenvalue weighted by molar-refractivity contribution is 0.0602. The van der Waals surface area contributed by atoms with E-state index in [4.69, 9.17) is 0 Å². The summed E-state index contributed by atoms with van der Waals surface area (Å²) in [7, 11) is 0. The van der Waals surface area contributed by atoms with E-state index >= 15 is 0 Å². The van der Waals surface area contributed by atoms with E-state index in [0.717, 1.165) is 12.0 Å². The normalized spacial score (nSPS) is 18.8. The van der Waals surface area contributed by atoms with Crippen molar-refractivity contribution in [2.75, 3.05) is 0 Å². The highest BCUT2D eigenvalue weighted by molar-refractivity contribution is 5.38. The zero-order valence-electron chi connectivity index (χ0n) is 11.1. The molecule has 0 atom stereocenters. The molecule has 1 saturated carbocycles. The molecule has 100 valence electrons. The maximum Gasteiger partial charge on any atom is 0.263 e. The first-order valence-corrected chi connectivity index (χ1v) is 6.35. The second kappa shape index (κ2) is 4.29. The van der Waals surface area contributed by atoms with Crippen LogP contribution in [0.25, 0.3) is 0 Å². The fourth-order valence-corrected chi connectivity index (χ4v) is 2.25. The average molecular weight is 256 g/mol. The first-order chi connectivity index (χ1) is 8.22. The van der Waals surface area contributed by atoms with E-state index in [-0.39, 0.29) is 11.0 Å². The van der Waals surface area contributed by atoms with Crippen LogP contribution in [0.5, 0.6) is 0 Å². The molecule has 0 spiro atoms. The second-order valence-electron chi connectivity index (χ2n) is 6.21. The van der Waals surface area contributed by atoms with Gasteiger partial charge in [-0.3, -0.25) is 0 Å². The van der Waals surface area contributed by atoms with Crippen LogP contribution >= 0.6 is 0 Å². The topological polar surface area (TPSA) is 0 Å². The van der Waals surface area contributed by atoms with E-state index in [2.05, 4.69) is 0 Å². The third kappa shape index (κ3) is 2.40. The summed E-state index contributed by atoms with van der Waals surface area (Å²) in [6.07, 6.45) is -0.818. The van der Waals surface area contributed by atoms with E-state index in [0.29, 0.717) is 18.4 Å². The van der Waals surface area contributed by atoms with Gasteiger partial charge in [0.25, 0.3) is 6.43 Å². The molecule has 0 N–H and O–H groups in total. The molecular formula is C15H19F3. The highest BCUT2D eigenvalue weighted by Gasteiger charge is 2.39. The summed E-state index contributed by atoms with van der Waals surface area (Å²) >= 11 is 0. The third-order valence-electron chi connectivity index (χ3n) is 3.74. The van der Waals surface area contributed by atoms with Gasteiger partial charge in [-0.1, -0.05) is 26.8 Å². The van der Waals surface area contributed by atoms with Gasteiger partial charge in [0.1, 0.15) is 5.67 Å².